The lowest BCUT2D eigenvalue weighted by Gasteiger charge is -2.12. The molecule has 1 aliphatic carbocycles. The molecule has 0 aromatic heterocycles. The predicted octanol–water partition coefficient (Wildman–Crippen LogP) is 1.12. The zero-order valence-electron chi connectivity index (χ0n) is 8.62. The van der Waals surface area contributed by atoms with Crippen molar-refractivity contribution >= 4 is 11.6 Å². The quantitative estimate of drug-likeness (QED) is 0.779. The number of hydrogen-bond acceptors (Lipinski definition) is 3. The average molecular weight is 206 g/mol. The summed E-state index contributed by atoms with van der Waals surface area (Å²) in [6.07, 6.45) is 1.52. The van der Waals surface area contributed by atoms with Crippen molar-refractivity contribution in [1.29, 1.82) is 0 Å². The molecular weight excluding hydrogens is 192 g/mol. The molecule has 15 heavy (non-hydrogen) atoms. The van der Waals surface area contributed by atoms with Crippen molar-refractivity contribution in [2.75, 3.05) is 12.4 Å². The van der Waals surface area contributed by atoms with Crippen molar-refractivity contribution in [1.82, 2.24) is 0 Å². The van der Waals surface area contributed by atoms with E-state index in [0.717, 1.165) is 12.8 Å². The van der Waals surface area contributed by atoms with Gasteiger partial charge < -0.3 is 15.8 Å². The number of anilines is 1. The number of ether oxygens (including phenoxy) is 1. The molecule has 1 aliphatic rings. The van der Waals surface area contributed by atoms with E-state index in [2.05, 4.69) is 5.32 Å². The highest BCUT2D eigenvalue weighted by molar-refractivity contribution is 6.00. The van der Waals surface area contributed by atoms with Crippen LogP contribution in [-0.4, -0.2) is 18.6 Å². The summed E-state index contributed by atoms with van der Waals surface area (Å²) >= 11 is 0. The minimum atomic E-state index is -0.652. The number of nitrogens with two attached hydrogens (primary N) is 1. The number of methoxy groups -OCH3 is 1. The number of nitrogens with one attached hydrogen (secondary N) is 1. The molecule has 1 aromatic carbocycles. The van der Waals surface area contributed by atoms with Crippen LogP contribution in [0.4, 0.5) is 5.69 Å². The second-order valence-corrected chi connectivity index (χ2v) is 3.81. The van der Waals surface area contributed by atoms with E-state index in [1.54, 1.807) is 19.2 Å². The lowest BCUT2D eigenvalue weighted by atomic mass is 10.2. The lowest BCUT2D eigenvalue weighted by molar-refractivity contribution is -0.118. The number of carbonyl (C=O) groups is 1. The summed E-state index contributed by atoms with van der Waals surface area (Å²) in [6, 6.07) is 7.28. The topological polar surface area (TPSA) is 64.3 Å². The summed E-state index contributed by atoms with van der Waals surface area (Å²) in [5.41, 5.74) is 5.79. The van der Waals surface area contributed by atoms with Crippen molar-refractivity contribution < 1.29 is 9.53 Å². The van der Waals surface area contributed by atoms with Gasteiger partial charge in [0.05, 0.1) is 18.3 Å². The first-order chi connectivity index (χ1) is 7.15. The highest BCUT2D eigenvalue weighted by atomic mass is 16.5. The fraction of sp³-hybridized carbons (Fsp3) is 0.364. The van der Waals surface area contributed by atoms with Crippen LogP contribution in [0.25, 0.3) is 0 Å². The number of rotatable bonds is 3. The van der Waals surface area contributed by atoms with Gasteiger partial charge in [0.2, 0.25) is 5.91 Å². The molecule has 0 bridgehead atoms. The Kier molecular flexibility index (Phi) is 2.36. The Morgan fingerprint density at radius 1 is 1.47 bits per heavy atom. The van der Waals surface area contributed by atoms with Crippen LogP contribution in [0.15, 0.2) is 24.3 Å². The molecule has 0 saturated heterocycles. The number of para-hydroxylation sites is 2. The van der Waals surface area contributed by atoms with Crippen LogP contribution in [-0.2, 0) is 4.79 Å². The van der Waals surface area contributed by atoms with Crippen LogP contribution >= 0.6 is 0 Å². The third-order valence-electron chi connectivity index (χ3n) is 2.60. The summed E-state index contributed by atoms with van der Waals surface area (Å²) < 4.78 is 5.12. The van der Waals surface area contributed by atoms with Crippen molar-refractivity contribution in [3.63, 3.8) is 0 Å². The third kappa shape index (κ3) is 1.94. The maximum Gasteiger partial charge on any atom is 0.244 e. The van der Waals surface area contributed by atoms with Crippen LogP contribution in [0.5, 0.6) is 5.75 Å². The largest absolute Gasteiger partial charge is 0.495 e. The maximum atomic E-state index is 11.7. The number of benzene rings is 1. The van der Waals surface area contributed by atoms with Crippen molar-refractivity contribution in [3.8, 4) is 5.75 Å². The molecule has 1 saturated carbocycles. The SMILES string of the molecule is COc1ccccc1NC(=O)C1(N)CC1. The number of hydrogen-bond donors (Lipinski definition) is 2. The second kappa shape index (κ2) is 3.55. The Labute approximate surface area is 88.4 Å². The van der Waals surface area contributed by atoms with E-state index in [1.165, 1.54) is 0 Å². The molecule has 1 fully saturated rings. The van der Waals surface area contributed by atoms with Gasteiger partial charge in [0.25, 0.3) is 0 Å². The number of carbonyl (C=O) groups excluding carboxylic acids is 1. The molecule has 4 nitrogen and oxygen atoms in total. The van der Waals surface area contributed by atoms with Gasteiger partial charge in [0, 0.05) is 0 Å². The summed E-state index contributed by atoms with van der Waals surface area (Å²) in [4.78, 5) is 11.7. The van der Waals surface area contributed by atoms with E-state index in [0.29, 0.717) is 11.4 Å². The second-order valence-electron chi connectivity index (χ2n) is 3.81. The third-order valence-corrected chi connectivity index (χ3v) is 2.60. The molecule has 0 radical (unpaired) electrons. The highest BCUT2D eigenvalue weighted by Gasteiger charge is 2.46. The van der Waals surface area contributed by atoms with Crippen LogP contribution in [0.2, 0.25) is 0 Å². The first-order valence-electron chi connectivity index (χ1n) is 4.89. The predicted molar refractivity (Wildman–Crippen MR) is 57.8 cm³/mol. The molecule has 0 aliphatic heterocycles. The number of amides is 1. The Hall–Kier alpha value is -1.55. The molecule has 3 N–H and O–H groups in total. The van der Waals surface area contributed by atoms with Gasteiger partial charge in [0.1, 0.15) is 5.75 Å². The molecule has 0 unspecified atom stereocenters. The van der Waals surface area contributed by atoms with Crippen molar-refractivity contribution in [2.24, 2.45) is 5.73 Å². The van der Waals surface area contributed by atoms with E-state index >= 15 is 0 Å². The van der Waals surface area contributed by atoms with E-state index in [9.17, 15) is 4.79 Å². The summed E-state index contributed by atoms with van der Waals surface area (Å²) in [7, 11) is 1.57. The standard InChI is InChI=1S/C11H14N2O2/c1-15-9-5-3-2-4-8(9)13-10(14)11(12)6-7-11/h2-5H,6-7,12H2,1H3,(H,13,14). The van der Waals surface area contributed by atoms with Crippen LogP contribution in [0.3, 0.4) is 0 Å². The maximum absolute atomic E-state index is 11.7. The molecule has 0 heterocycles. The van der Waals surface area contributed by atoms with Gasteiger partial charge in [-0.3, -0.25) is 4.79 Å². The zero-order chi connectivity index (χ0) is 10.9. The normalized spacial score (nSPS) is 16.9. The lowest BCUT2D eigenvalue weighted by Crippen LogP contribution is -2.37. The van der Waals surface area contributed by atoms with Crippen molar-refractivity contribution in [3.05, 3.63) is 24.3 Å². The molecule has 0 spiro atoms. The molecule has 0 atom stereocenters. The summed E-state index contributed by atoms with van der Waals surface area (Å²) in [5, 5.41) is 2.77. The van der Waals surface area contributed by atoms with Gasteiger partial charge in [-0.1, -0.05) is 12.1 Å². The highest BCUT2D eigenvalue weighted by Crippen LogP contribution is 2.34. The van der Waals surface area contributed by atoms with Crippen LogP contribution in [0, 0.1) is 0 Å². The van der Waals surface area contributed by atoms with Gasteiger partial charge >= 0.3 is 0 Å². The monoisotopic (exact) mass is 206 g/mol. The zero-order valence-corrected chi connectivity index (χ0v) is 8.62. The summed E-state index contributed by atoms with van der Waals surface area (Å²) in [5.74, 6) is 0.516. The first kappa shape index (κ1) is 9.98. The fourth-order valence-corrected chi connectivity index (χ4v) is 1.36. The minimum Gasteiger partial charge on any atom is -0.495 e. The Bertz CT molecular complexity index is 386. The molecule has 2 rings (SSSR count). The molecule has 4 heteroatoms. The van der Waals surface area contributed by atoms with Crippen LogP contribution < -0.4 is 15.8 Å². The molecule has 80 valence electrons. The smallest absolute Gasteiger partial charge is 0.244 e. The van der Waals surface area contributed by atoms with Gasteiger partial charge in [-0.05, 0) is 25.0 Å². The van der Waals surface area contributed by atoms with E-state index in [4.69, 9.17) is 10.5 Å². The first-order valence-corrected chi connectivity index (χ1v) is 4.89. The molecular formula is C11H14N2O2. The average Bonchev–Trinajstić information content (AvgIpc) is 2.99. The van der Waals surface area contributed by atoms with Gasteiger partial charge in [-0.2, -0.15) is 0 Å². The van der Waals surface area contributed by atoms with Gasteiger partial charge in [0.15, 0.2) is 0 Å². The Morgan fingerprint density at radius 3 is 2.73 bits per heavy atom. The Morgan fingerprint density at radius 2 is 2.13 bits per heavy atom. The Balaban J connectivity index is 2.13. The van der Waals surface area contributed by atoms with Crippen LogP contribution in [0.1, 0.15) is 12.8 Å². The fourth-order valence-electron chi connectivity index (χ4n) is 1.36. The minimum absolute atomic E-state index is 0.132. The summed E-state index contributed by atoms with van der Waals surface area (Å²) in [6.45, 7) is 0. The van der Waals surface area contributed by atoms with Gasteiger partial charge in [-0.25, -0.2) is 0 Å². The van der Waals surface area contributed by atoms with E-state index in [1.807, 2.05) is 12.1 Å². The van der Waals surface area contributed by atoms with Gasteiger partial charge in [-0.15, -0.1) is 0 Å². The molecule has 1 amide bonds. The molecule has 1 aromatic rings. The van der Waals surface area contributed by atoms with E-state index in [-0.39, 0.29) is 5.91 Å². The van der Waals surface area contributed by atoms with E-state index < -0.39 is 5.54 Å². The van der Waals surface area contributed by atoms with Crippen molar-refractivity contribution in [2.45, 2.75) is 18.4 Å².